The van der Waals surface area contributed by atoms with Crippen molar-refractivity contribution in [3.8, 4) is 22.8 Å². The number of hydrogen-bond donors (Lipinski definition) is 2. The molecule has 4 aromatic rings. The number of ketones is 1. The third-order valence-electron chi connectivity index (χ3n) is 7.41. The number of benzene rings is 2. The van der Waals surface area contributed by atoms with Crippen LogP contribution in [0.3, 0.4) is 0 Å². The van der Waals surface area contributed by atoms with Crippen LogP contribution >= 0.6 is 0 Å². The van der Waals surface area contributed by atoms with Gasteiger partial charge in [-0.2, -0.15) is 0 Å². The molecular formula is C31H35N5O5. The summed E-state index contributed by atoms with van der Waals surface area (Å²) in [5.74, 6) is 1.09. The Labute approximate surface area is 237 Å². The second kappa shape index (κ2) is 11.5. The van der Waals surface area contributed by atoms with Gasteiger partial charge in [-0.15, -0.1) is 0 Å². The van der Waals surface area contributed by atoms with E-state index >= 15 is 0 Å². The molecule has 3 heterocycles. The second-order valence-electron chi connectivity index (χ2n) is 10.4. The zero-order valence-corrected chi connectivity index (χ0v) is 24.1. The molecule has 41 heavy (non-hydrogen) atoms. The van der Waals surface area contributed by atoms with Crippen molar-refractivity contribution in [3.63, 3.8) is 0 Å². The van der Waals surface area contributed by atoms with Crippen molar-refractivity contribution in [2.24, 2.45) is 4.99 Å². The van der Waals surface area contributed by atoms with Gasteiger partial charge in [-0.05, 0) is 69.4 Å². The maximum atomic E-state index is 14.0. The number of carbonyl (C=O) groups excluding carboxylic acids is 1. The summed E-state index contributed by atoms with van der Waals surface area (Å²) in [7, 11) is 1.60. The van der Waals surface area contributed by atoms with Crippen LogP contribution in [-0.2, 0) is 19.5 Å². The molecule has 0 saturated heterocycles. The largest absolute Gasteiger partial charge is 0.493 e. The van der Waals surface area contributed by atoms with Gasteiger partial charge in [0.25, 0.3) is 0 Å². The minimum atomic E-state index is -0.425. The summed E-state index contributed by atoms with van der Waals surface area (Å²) in [5, 5.41) is 0. The first-order chi connectivity index (χ1) is 19.7. The zero-order chi connectivity index (χ0) is 29.3. The van der Waals surface area contributed by atoms with Gasteiger partial charge in [0.15, 0.2) is 17.3 Å². The normalized spacial score (nSPS) is 12.7. The van der Waals surface area contributed by atoms with Crippen molar-refractivity contribution in [1.82, 2.24) is 19.1 Å². The molecule has 0 bridgehead atoms. The Morgan fingerprint density at radius 3 is 2.46 bits per heavy atom. The fraction of sp³-hybridized carbons (Fsp3) is 0.355. The summed E-state index contributed by atoms with van der Waals surface area (Å²) in [6.07, 6.45) is 2.61. The molecule has 1 aliphatic heterocycles. The van der Waals surface area contributed by atoms with E-state index in [9.17, 15) is 14.4 Å². The Balaban J connectivity index is 1.63. The number of H-pyrrole nitrogens is 2. The molecular weight excluding hydrogens is 522 g/mol. The highest BCUT2D eigenvalue weighted by Crippen LogP contribution is 2.37. The molecule has 0 unspecified atom stereocenters. The van der Waals surface area contributed by atoms with Crippen LogP contribution in [0, 0.1) is 20.8 Å². The van der Waals surface area contributed by atoms with Gasteiger partial charge in [0, 0.05) is 37.3 Å². The Kier molecular flexibility index (Phi) is 7.83. The van der Waals surface area contributed by atoms with Crippen LogP contribution in [0.15, 0.2) is 51.1 Å². The monoisotopic (exact) mass is 557 g/mol. The molecule has 0 amide bonds. The second-order valence-corrected chi connectivity index (χ2v) is 10.4. The average molecular weight is 558 g/mol. The van der Waals surface area contributed by atoms with E-state index in [1.807, 2.05) is 45.9 Å². The lowest BCUT2D eigenvalue weighted by atomic mass is 9.97. The van der Waals surface area contributed by atoms with E-state index in [0.29, 0.717) is 49.5 Å². The van der Waals surface area contributed by atoms with Gasteiger partial charge in [0.05, 0.1) is 25.1 Å². The number of carbonyl (C=O) groups is 1. The lowest BCUT2D eigenvalue weighted by Gasteiger charge is -2.25. The van der Waals surface area contributed by atoms with Crippen molar-refractivity contribution in [1.29, 1.82) is 0 Å². The number of aromatic nitrogens is 4. The lowest BCUT2D eigenvalue weighted by Crippen LogP contribution is -2.42. The van der Waals surface area contributed by atoms with Crippen molar-refractivity contribution < 1.29 is 14.3 Å². The van der Waals surface area contributed by atoms with Crippen LogP contribution in [0.4, 0.5) is 5.69 Å². The molecule has 0 atom stereocenters. The fourth-order valence-corrected chi connectivity index (χ4v) is 5.55. The number of methoxy groups -OCH3 is 1. The van der Waals surface area contributed by atoms with E-state index in [4.69, 9.17) is 14.5 Å². The Bertz CT molecular complexity index is 1800. The number of aromatic amines is 2. The lowest BCUT2D eigenvalue weighted by molar-refractivity contribution is 0.0973. The highest BCUT2D eigenvalue weighted by Gasteiger charge is 2.23. The highest BCUT2D eigenvalue weighted by molar-refractivity contribution is 5.93. The highest BCUT2D eigenvalue weighted by atomic mass is 16.5. The molecule has 5 rings (SSSR count). The van der Waals surface area contributed by atoms with Crippen LogP contribution in [0.2, 0.25) is 0 Å². The predicted octanol–water partition coefficient (Wildman–Crippen LogP) is 4.12. The smallest absolute Gasteiger partial charge is 0.330 e. The Morgan fingerprint density at radius 1 is 1.05 bits per heavy atom. The van der Waals surface area contributed by atoms with E-state index in [0.717, 1.165) is 39.2 Å². The molecule has 0 saturated carbocycles. The average Bonchev–Trinajstić information content (AvgIpc) is 3.38. The van der Waals surface area contributed by atoms with E-state index in [2.05, 4.69) is 22.1 Å². The first-order valence-electron chi connectivity index (χ1n) is 13.8. The minimum absolute atomic E-state index is 0.171. The number of fused-ring (bicyclic) bond motifs is 3. The molecule has 2 N–H and O–H groups in total. The molecule has 10 heteroatoms. The molecule has 0 aliphatic carbocycles. The maximum absolute atomic E-state index is 14.0. The third-order valence-corrected chi connectivity index (χ3v) is 7.41. The Morgan fingerprint density at radius 2 is 1.80 bits per heavy atom. The van der Waals surface area contributed by atoms with E-state index in [1.54, 1.807) is 16.2 Å². The minimum Gasteiger partial charge on any atom is -0.493 e. The number of Topliss-reactive ketones (excluding diaryl/α,β-unsaturated/α-hetero) is 1. The van der Waals surface area contributed by atoms with E-state index < -0.39 is 5.69 Å². The molecule has 1 aliphatic rings. The van der Waals surface area contributed by atoms with Crippen molar-refractivity contribution in [2.75, 3.05) is 13.7 Å². The van der Waals surface area contributed by atoms with Gasteiger partial charge >= 0.3 is 11.4 Å². The topological polar surface area (TPSA) is 123 Å². The first kappa shape index (κ1) is 27.9. The molecule has 0 radical (unpaired) electrons. The van der Waals surface area contributed by atoms with Gasteiger partial charge in [-0.25, -0.2) is 14.6 Å². The van der Waals surface area contributed by atoms with Gasteiger partial charge in [0.2, 0.25) is 0 Å². The predicted molar refractivity (Wildman–Crippen MR) is 156 cm³/mol. The molecule has 214 valence electrons. The summed E-state index contributed by atoms with van der Waals surface area (Å²) >= 11 is 0. The van der Waals surface area contributed by atoms with Crippen molar-refractivity contribution in [3.05, 3.63) is 90.9 Å². The van der Waals surface area contributed by atoms with Crippen molar-refractivity contribution >= 4 is 11.5 Å². The van der Waals surface area contributed by atoms with Crippen molar-refractivity contribution in [2.45, 2.75) is 60.0 Å². The van der Waals surface area contributed by atoms with Crippen LogP contribution in [0.5, 0.6) is 11.5 Å². The third kappa shape index (κ3) is 5.54. The van der Waals surface area contributed by atoms with E-state index in [-0.39, 0.29) is 23.6 Å². The summed E-state index contributed by atoms with van der Waals surface area (Å²) in [6.45, 7) is 9.32. The fourth-order valence-electron chi connectivity index (χ4n) is 5.55. The number of nitrogens with zero attached hydrogens (tertiary/aromatic N) is 3. The van der Waals surface area contributed by atoms with Gasteiger partial charge in [-0.1, -0.05) is 17.7 Å². The number of aryl methyl sites for hydroxylation is 4. The van der Waals surface area contributed by atoms with Gasteiger partial charge in [0.1, 0.15) is 11.2 Å². The molecule has 10 nitrogen and oxygen atoms in total. The number of imidazole rings is 1. The van der Waals surface area contributed by atoms with Gasteiger partial charge in [-0.3, -0.25) is 13.9 Å². The Hall–Kier alpha value is -4.60. The summed E-state index contributed by atoms with van der Waals surface area (Å²) in [4.78, 5) is 48.0. The SMILES string of the molecule is CCOc1cc2c(cc1OC)-c1cc(=Nc3c(C)cc(C)cc3C)n(CCCC(=O)c3c[nH]c(=O)[nH]3)c(=O)n1CC2. The summed E-state index contributed by atoms with van der Waals surface area (Å²) in [6, 6.07) is 10.0. The van der Waals surface area contributed by atoms with Crippen LogP contribution in [-0.4, -0.2) is 38.6 Å². The standard InChI is InChI=1S/C31H35N5O5/c1-6-41-27-14-21-9-11-35-24(22(21)15-26(27)40-5)16-28(34-29-19(3)12-18(2)13-20(29)4)36(31(35)39)10-7-8-25(37)23-17-32-30(38)33-23/h12-17H,6-11H2,1-5H3,(H2,32,33,38). The zero-order valence-electron chi connectivity index (χ0n) is 24.1. The molecule has 2 aromatic carbocycles. The number of nitrogens with one attached hydrogen (secondary N) is 2. The van der Waals surface area contributed by atoms with E-state index in [1.165, 1.54) is 6.20 Å². The molecule has 0 fully saturated rings. The maximum Gasteiger partial charge on any atom is 0.330 e. The first-order valence-corrected chi connectivity index (χ1v) is 13.8. The summed E-state index contributed by atoms with van der Waals surface area (Å²) in [5.41, 5.74) is 6.86. The molecule has 2 aromatic heterocycles. The van der Waals surface area contributed by atoms with Crippen LogP contribution in [0.25, 0.3) is 11.3 Å². The number of rotatable bonds is 9. The number of hydrogen-bond acceptors (Lipinski definition) is 6. The number of ether oxygens (including phenoxy) is 2. The van der Waals surface area contributed by atoms with Crippen LogP contribution < -0.4 is 26.3 Å². The van der Waals surface area contributed by atoms with Crippen LogP contribution in [0.1, 0.15) is 52.5 Å². The van der Waals surface area contributed by atoms with Gasteiger partial charge < -0.3 is 19.4 Å². The quantitative estimate of drug-likeness (QED) is 0.300. The molecule has 0 spiro atoms. The summed E-state index contributed by atoms with van der Waals surface area (Å²) < 4.78 is 14.8.